The molecular formula is C12H18N2OS. The zero-order valence-electron chi connectivity index (χ0n) is 10.1. The van der Waals surface area contributed by atoms with E-state index in [0.29, 0.717) is 18.6 Å². The summed E-state index contributed by atoms with van der Waals surface area (Å²) in [5.74, 6) is 1.25. The van der Waals surface area contributed by atoms with Crippen molar-refractivity contribution in [3.63, 3.8) is 0 Å². The summed E-state index contributed by atoms with van der Waals surface area (Å²) in [5.41, 5.74) is 2.00. The molecule has 0 aliphatic heterocycles. The van der Waals surface area contributed by atoms with Crippen LogP contribution >= 0.6 is 11.8 Å². The molecule has 0 aromatic carbocycles. The molecule has 3 nitrogen and oxygen atoms in total. The molecule has 0 fully saturated rings. The number of Topliss-reactive ketones (excluding diaryl/α,β-unsaturated/α-hetero) is 1. The van der Waals surface area contributed by atoms with Crippen LogP contribution in [0.4, 0.5) is 0 Å². The lowest BCUT2D eigenvalue weighted by atomic mass is 10.2. The number of thioether (sulfide) groups is 1. The van der Waals surface area contributed by atoms with Crippen LogP contribution in [0.1, 0.15) is 37.6 Å². The van der Waals surface area contributed by atoms with E-state index in [-0.39, 0.29) is 0 Å². The molecule has 0 N–H and O–H groups in total. The number of aryl methyl sites for hydroxylation is 2. The van der Waals surface area contributed by atoms with E-state index in [0.717, 1.165) is 28.7 Å². The molecule has 16 heavy (non-hydrogen) atoms. The van der Waals surface area contributed by atoms with Crippen LogP contribution in [-0.4, -0.2) is 21.5 Å². The monoisotopic (exact) mass is 238 g/mol. The van der Waals surface area contributed by atoms with Crippen LogP contribution in [0.25, 0.3) is 0 Å². The fourth-order valence-corrected chi connectivity index (χ4v) is 2.26. The number of aromatic nitrogens is 2. The van der Waals surface area contributed by atoms with Crippen LogP contribution < -0.4 is 0 Å². The predicted octanol–water partition coefficient (Wildman–Crippen LogP) is 2.94. The quantitative estimate of drug-likeness (QED) is 0.434. The Morgan fingerprint density at radius 2 is 1.94 bits per heavy atom. The van der Waals surface area contributed by atoms with Crippen molar-refractivity contribution in [2.24, 2.45) is 0 Å². The molecular weight excluding hydrogens is 220 g/mol. The van der Waals surface area contributed by atoms with Gasteiger partial charge in [0.25, 0.3) is 0 Å². The van der Waals surface area contributed by atoms with Crippen molar-refractivity contribution in [2.75, 3.05) is 5.75 Å². The van der Waals surface area contributed by atoms with E-state index in [2.05, 4.69) is 9.97 Å². The first-order chi connectivity index (χ1) is 7.61. The lowest BCUT2D eigenvalue weighted by Gasteiger charge is -2.02. The Bertz CT molecular complexity index is 346. The molecule has 1 aromatic heterocycles. The summed E-state index contributed by atoms with van der Waals surface area (Å²) < 4.78 is 0. The molecule has 0 unspecified atom stereocenters. The highest BCUT2D eigenvalue weighted by Gasteiger charge is 2.02. The Labute approximate surface area is 101 Å². The summed E-state index contributed by atoms with van der Waals surface area (Å²) in [4.78, 5) is 19.8. The smallest absolute Gasteiger partial charge is 0.187 e. The van der Waals surface area contributed by atoms with Crippen molar-refractivity contribution in [1.82, 2.24) is 9.97 Å². The highest BCUT2D eigenvalue weighted by molar-refractivity contribution is 7.99. The van der Waals surface area contributed by atoms with Gasteiger partial charge in [-0.15, -0.1) is 0 Å². The van der Waals surface area contributed by atoms with Crippen LogP contribution in [0.15, 0.2) is 11.2 Å². The van der Waals surface area contributed by atoms with Crippen LogP contribution in [-0.2, 0) is 4.79 Å². The second kappa shape index (κ2) is 6.63. The summed E-state index contributed by atoms with van der Waals surface area (Å²) in [6.45, 7) is 5.85. The third-order valence-corrected chi connectivity index (χ3v) is 3.12. The lowest BCUT2D eigenvalue weighted by Crippen LogP contribution is -1.97. The molecule has 88 valence electrons. The van der Waals surface area contributed by atoms with E-state index in [1.165, 1.54) is 0 Å². The number of nitrogens with zero attached hydrogens (tertiary/aromatic N) is 2. The van der Waals surface area contributed by atoms with E-state index in [1.54, 1.807) is 11.8 Å². The second-order valence-corrected chi connectivity index (χ2v) is 4.84. The van der Waals surface area contributed by atoms with Crippen LogP contribution in [0.5, 0.6) is 0 Å². The van der Waals surface area contributed by atoms with E-state index in [4.69, 9.17) is 0 Å². The van der Waals surface area contributed by atoms with Crippen LogP contribution in [0.2, 0.25) is 0 Å². The van der Waals surface area contributed by atoms with E-state index >= 15 is 0 Å². The molecule has 0 saturated heterocycles. The first kappa shape index (κ1) is 13.2. The maximum absolute atomic E-state index is 11.1. The number of carbonyl (C=O) groups excluding carboxylic acids is 1. The maximum atomic E-state index is 11.1. The minimum absolute atomic E-state index is 0.335. The van der Waals surface area contributed by atoms with Gasteiger partial charge in [0.05, 0.1) is 0 Å². The van der Waals surface area contributed by atoms with Gasteiger partial charge in [-0.1, -0.05) is 18.7 Å². The molecule has 1 rings (SSSR count). The van der Waals surface area contributed by atoms with Gasteiger partial charge < -0.3 is 0 Å². The van der Waals surface area contributed by atoms with Gasteiger partial charge in [0.15, 0.2) is 5.16 Å². The maximum Gasteiger partial charge on any atom is 0.187 e. The normalized spacial score (nSPS) is 10.4. The standard InChI is InChI=1S/C12H18N2OS/c1-4-11(15)6-5-7-16-12-13-9(2)8-10(3)14-12/h8H,4-7H2,1-3H3. The summed E-state index contributed by atoms with van der Waals surface area (Å²) in [5, 5.41) is 0.821. The number of carbonyl (C=O) groups is 1. The highest BCUT2D eigenvalue weighted by Crippen LogP contribution is 2.15. The van der Waals surface area contributed by atoms with Gasteiger partial charge in [-0.05, 0) is 26.3 Å². The topological polar surface area (TPSA) is 42.9 Å². The molecule has 0 amide bonds. The summed E-state index contributed by atoms with van der Waals surface area (Å²) >= 11 is 1.63. The van der Waals surface area contributed by atoms with Gasteiger partial charge in [-0.25, -0.2) is 9.97 Å². The molecule has 0 aliphatic carbocycles. The second-order valence-electron chi connectivity index (χ2n) is 3.78. The Morgan fingerprint density at radius 1 is 1.31 bits per heavy atom. The number of ketones is 1. The molecule has 0 bridgehead atoms. The summed E-state index contributed by atoms with van der Waals surface area (Å²) in [7, 11) is 0. The predicted molar refractivity (Wildman–Crippen MR) is 66.8 cm³/mol. The number of hydrogen-bond acceptors (Lipinski definition) is 4. The van der Waals surface area contributed by atoms with Crippen molar-refractivity contribution in [1.29, 1.82) is 0 Å². The van der Waals surface area contributed by atoms with Gasteiger partial charge in [0.2, 0.25) is 0 Å². The lowest BCUT2D eigenvalue weighted by molar-refractivity contribution is -0.118. The molecule has 0 spiro atoms. The number of rotatable bonds is 6. The first-order valence-corrected chi connectivity index (χ1v) is 6.57. The van der Waals surface area contributed by atoms with Crippen molar-refractivity contribution >= 4 is 17.5 Å². The Kier molecular flexibility index (Phi) is 5.46. The first-order valence-electron chi connectivity index (χ1n) is 5.58. The fraction of sp³-hybridized carbons (Fsp3) is 0.583. The Morgan fingerprint density at radius 3 is 2.50 bits per heavy atom. The van der Waals surface area contributed by atoms with E-state index < -0.39 is 0 Å². The Hall–Kier alpha value is -0.900. The van der Waals surface area contributed by atoms with Crippen molar-refractivity contribution < 1.29 is 4.79 Å². The van der Waals surface area contributed by atoms with Gasteiger partial charge in [0.1, 0.15) is 5.78 Å². The minimum atomic E-state index is 0.335. The van der Waals surface area contributed by atoms with E-state index in [1.807, 2.05) is 26.8 Å². The molecule has 0 radical (unpaired) electrons. The molecule has 1 aromatic rings. The SMILES string of the molecule is CCC(=O)CCCSc1nc(C)cc(C)n1. The Balaban J connectivity index is 2.34. The zero-order valence-corrected chi connectivity index (χ0v) is 10.9. The third kappa shape index (κ3) is 4.75. The molecule has 1 heterocycles. The largest absolute Gasteiger partial charge is 0.300 e. The van der Waals surface area contributed by atoms with Crippen molar-refractivity contribution in [2.45, 2.75) is 45.2 Å². The number of hydrogen-bond donors (Lipinski definition) is 0. The average molecular weight is 238 g/mol. The average Bonchev–Trinajstić information content (AvgIpc) is 2.22. The molecule has 0 saturated carbocycles. The van der Waals surface area contributed by atoms with Crippen LogP contribution in [0.3, 0.4) is 0 Å². The van der Waals surface area contributed by atoms with E-state index in [9.17, 15) is 4.79 Å². The van der Waals surface area contributed by atoms with Crippen molar-refractivity contribution in [3.8, 4) is 0 Å². The van der Waals surface area contributed by atoms with Crippen LogP contribution in [0, 0.1) is 13.8 Å². The molecule has 4 heteroatoms. The summed E-state index contributed by atoms with van der Waals surface area (Å²) in [6, 6.07) is 1.96. The van der Waals surface area contributed by atoms with Gasteiger partial charge >= 0.3 is 0 Å². The van der Waals surface area contributed by atoms with Gasteiger partial charge in [-0.3, -0.25) is 4.79 Å². The third-order valence-electron chi connectivity index (χ3n) is 2.19. The molecule has 0 aliphatic rings. The van der Waals surface area contributed by atoms with Crippen molar-refractivity contribution in [3.05, 3.63) is 17.5 Å². The van der Waals surface area contributed by atoms with Gasteiger partial charge in [-0.2, -0.15) is 0 Å². The van der Waals surface area contributed by atoms with Gasteiger partial charge in [0, 0.05) is 30.0 Å². The highest BCUT2D eigenvalue weighted by atomic mass is 32.2. The fourth-order valence-electron chi connectivity index (χ4n) is 1.37. The molecule has 0 atom stereocenters. The summed E-state index contributed by atoms with van der Waals surface area (Å²) in [6.07, 6.45) is 2.23. The zero-order chi connectivity index (χ0) is 12.0. The minimum Gasteiger partial charge on any atom is -0.300 e.